The van der Waals surface area contributed by atoms with Crippen molar-refractivity contribution in [2.24, 2.45) is 0 Å². The molecular weight excluding hydrogens is 333 g/mol. The Morgan fingerprint density at radius 2 is 1.85 bits per heavy atom. The summed E-state index contributed by atoms with van der Waals surface area (Å²) in [5, 5.41) is 0. The van der Waals surface area contributed by atoms with Gasteiger partial charge in [0.05, 0.1) is 7.11 Å². The van der Waals surface area contributed by atoms with Gasteiger partial charge in [-0.05, 0) is 65.9 Å². The third-order valence-corrected chi connectivity index (χ3v) is 4.03. The largest absolute Gasteiger partial charge is 0.466 e. The molecule has 0 bridgehead atoms. The second-order valence-corrected chi connectivity index (χ2v) is 5.82. The van der Waals surface area contributed by atoms with E-state index in [-0.39, 0.29) is 11.9 Å². The van der Waals surface area contributed by atoms with E-state index in [1.165, 1.54) is 25.3 Å². The van der Waals surface area contributed by atoms with E-state index in [4.69, 9.17) is 15.2 Å². The molecule has 26 heavy (non-hydrogen) atoms. The van der Waals surface area contributed by atoms with E-state index >= 15 is 0 Å². The van der Waals surface area contributed by atoms with Crippen LogP contribution in [-0.4, -0.2) is 19.7 Å². The van der Waals surface area contributed by atoms with Crippen LogP contribution in [0.1, 0.15) is 43.1 Å². The van der Waals surface area contributed by atoms with E-state index in [0.717, 1.165) is 22.3 Å². The van der Waals surface area contributed by atoms with Gasteiger partial charge < -0.3 is 15.2 Å². The molecule has 0 spiro atoms. The van der Waals surface area contributed by atoms with Crippen molar-refractivity contribution in [2.45, 2.75) is 26.4 Å². The van der Waals surface area contributed by atoms with E-state index in [9.17, 15) is 9.18 Å². The highest BCUT2D eigenvalue weighted by Crippen LogP contribution is 2.31. The molecule has 1 atom stereocenters. The Morgan fingerprint density at radius 1 is 1.15 bits per heavy atom. The molecule has 138 valence electrons. The SMILES string of the molecule is CCOC(c1ccc(F)cc1)c1cc(N)cc(/C(=C/C(=O)OC)CC)c1. The molecule has 2 N–H and O–H groups in total. The first-order valence-corrected chi connectivity index (χ1v) is 8.54. The molecule has 0 amide bonds. The fourth-order valence-corrected chi connectivity index (χ4v) is 2.79. The van der Waals surface area contributed by atoms with E-state index in [1.807, 2.05) is 32.0 Å². The number of hydrogen-bond donors (Lipinski definition) is 1. The van der Waals surface area contributed by atoms with Gasteiger partial charge in [-0.25, -0.2) is 9.18 Å². The lowest BCUT2D eigenvalue weighted by atomic mass is 9.95. The van der Waals surface area contributed by atoms with Crippen LogP contribution >= 0.6 is 0 Å². The van der Waals surface area contributed by atoms with Crippen molar-refractivity contribution >= 4 is 17.2 Å². The van der Waals surface area contributed by atoms with Gasteiger partial charge in [0.15, 0.2) is 0 Å². The van der Waals surface area contributed by atoms with Crippen LogP contribution in [0.5, 0.6) is 0 Å². The first kappa shape index (κ1) is 19.7. The Kier molecular flexibility index (Phi) is 6.92. The van der Waals surface area contributed by atoms with Crippen LogP contribution in [0.3, 0.4) is 0 Å². The molecular formula is C21H24FNO3. The zero-order valence-electron chi connectivity index (χ0n) is 15.3. The Bertz CT molecular complexity index is 784. The van der Waals surface area contributed by atoms with Crippen molar-refractivity contribution in [3.63, 3.8) is 0 Å². The Morgan fingerprint density at radius 3 is 2.42 bits per heavy atom. The van der Waals surface area contributed by atoms with Crippen LogP contribution in [0.2, 0.25) is 0 Å². The van der Waals surface area contributed by atoms with Gasteiger partial charge in [-0.2, -0.15) is 0 Å². The van der Waals surface area contributed by atoms with Gasteiger partial charge in [0.1, 0.15) is 11.9 Å². The van der Waals surface area contributed by atoms with E-state index in [1.54, 1.807) is 12.1 Å². The summed E-state index contributed by atoms with van der Waals surface area (Å²) in [7, 11) is 1.34. The molecule has 5 heteroatoms. The zero-order valence-corrected chi connectivity index (χ0v) is 15.3. The summed E-state index contributed by atoms with van der Waals surface area (Å²) < 4.78 is 23.9. The average molecular weight is 357 g/mol. The monoisotopic (exact) mass is 357 g/mol. The summed E-state index contributed by atoms with van der Waals surface area (Å²) in [4.78, 5) is 11.6. The number of methoxy groups -OCH3 is 1. The van der Waals surface area contributed by atoms with Crippen molar-refractivity contribution < 1.29 is 18.7 Å². The highest BCUT2D eigenvalue weighted by Gasteiger charge is 2.17. The van der Waals surface area contributed by atoms with Crippen molar-refractivity contribution in [2.75, 3.05) is 19.5 Å². The fraction of sp³-hybridized carbons (Fsp3) is 0.286. The normalized spacial score (nSPS) is 12.7. The smallest absolute Gasteiger partial charge is 0.330 e. The minimum Gasteiger partial charge on any atom is -0.466 e. The molecule has 0 radical (unpaired) electrons. The summed E-state index contributed by atoms with van der Waals surface area (Å²) >= 11 is 0. The molecule has 4 nitrogen and oxygen atoms in total. The van der Waals surface area contributed by atoms with Gasteiger partial charge in [0.2, 0.25) is 0 Å². The van der Waals surface area contributed by atoms with Gasteiger partial charge in [-0.3, -0.25) is 0 Å². The number of nitrogens with two attached hydrogens (primary N) is 1. The third-order valence-electron chi connectivity index (χ3n) is 4.03. The zero-order chi connectivity index (χ0) is 19.1. The molecule has 2 rings (SSSR count). The third kappa shape index (κ3) is 4.92. The number of carbonyl (C=O) groups is 1. The topological polar surface area (TPSA) is 61.5 Å². The number of anilines is 1. The van der Waals surface area contributed by atoms with Crippen molar-refractivity contribution in [1.82, 2.24) is 0 Å². The van der Waals surface area contributed by atoms with E-state index in [0.29, 0.717) is 18.7 Å². The Balaban J connectivity index is 2.50. The maximum absolute atomic E-state index is 13.3. The van der Waals surface area contributed by atoms with Crippen molar-refractivity contribution in [3.05, 3.63) is 71.0 Å². The summed E-state index contributed by atoms with van der Waals surface area (Å²) in [5.74, 6) is -0.711. The van der Waals surface area contributed by atoms with E-state index in [2.05, 4.69) is 0 Å². The maximum Gasteiger partial charge on any atom is 0.330 e. The van der Waals surface area contributed by atoms with Crippen LogP contribution in [0.15, 0.2) is 48.5 Å². The molecule has 0 aliphatic heterocycles. The fourth-order valence-electron chi connectivity index (χ4n) is 2.79. The van der Waals surface area contributed by atoms with Gasteiger partial charge in [0.25, 0.3) is 0 Å². The molecule has 0 saturated carbocycles. The van der Waals surface area contributed by atoms with Crippen LogP contribution < -0.4 is 5.73 Å². The molecule has 0 heterocycles. The van der Waals surface area contributed by atoms with Gasteiger partial charge >= 0.3 is 5.97 Å². The van der Waals surface area contributed by atoms with E-state index < -0.39 is 5.97 Å². The highest BCUT2D eigenvalue weighted by molar-refractivity contribution is 5.91. The minimum absolute atomic E-state index is 0.299. The Labute approximate surface area is 153 Å². The maximum atomic E-state index is 13.3. The number of rotatable bonds is 7. The first-order valence-electron chi connectivity index (χ1n) is 8.54. The average Bonchev–Trinajstić information content (AvgIpc) is 2.64. The van der Waals surface area contributed by atoms with Gasteiger partial charge in [-0.1, -0.05) is 19.1 Å². The van der Waals surface area contributed by atoms with Crippen LogP contribution in [-0.2, 0) is 14.3 Å². The molecule has 2 aromatic carbocycles. The lowest BCUT2D eigenvalue weighted by Crippen LogP contribution is -2.08. The lowest BCUT2D eigenvalue weighted by molar-refractivity contribution is -0.134. The standard InChI is InChI=1S/C21H24FNO3/c1-4-14(13-20(24)25-3)16-10-17(12-19(23)11-16)21(26-5-2)15-6-8-18(22)9-7-15/h6-13,21H,4-5,23H2,1-3H3/b14-13+. The molecule has 0 aromatic heterocycles. The number of esters is 1. The van der Waals surface area contributed by atoms with Gasteiger partial charge in [-0.15, -0.1) is 0 Å². The van der Waals surface area contributed by atoms with Crippen molar-refractivity contribution in [3.8, 4) is 0 Å². The number of carbonyl (C=O) groups excluding carboxylic acids is 1. The molecule has 0 fully saturated rings. The number of nitrogen functional groups attached to an aromatic ring is 1. The van der Waals surface area contributed by atoms with Crippen LogP contribution in [0.25, 0.3) is 5.57 Å². The highest BCUT2D eigenvalue weighted by atomic mass is 19.1. The number of hydrogen-bond acceptors (Lipinski definition) is 4. The van der Waals surface area contributed by atoms with Gasteiger partial charge in [0, 0.05) is 18.4 Å². The quantitative estimate of drug-likeness (QED) is 0.450. The molecule has 2 aromatic rings. The number of halogens is 1. The second-order valence-electron chi connectivity index (χ2n) is 5.82. The summed E-state index contributed by atoms with van der Waals surface area (Å²) in [6, 6.07) is 11.8. The number of allylic oxidation sites excluding steroid dienone is 1. The second kappa shape index (κ2) is 9.15. The van der Waals surface area contributed by atoms with Crippen molar-refractivity contribution in [1.29, 1.82) is 0 Å². The summed E-state index contributed by atoms with van der Waals surface area (Å²) in [6.45, 7) is 4.35. The van der Waals surface area contributed by atoms with Crippen LogP contribution in [0.4, 0.5) is 10.1 Å². The molecule has 1 unspecified atom stereocenters. The predicted molar refractivity (Wildman–Crippen MR) is 101 cm³/mol. The molecule has 0 saturated heterocycles. The van der Waals surface area contributed by atoms with Crippen LogP contribution in [0, 0.1) is 5.82 Å². The first-order chi connectivity index (χ1) is 12.5. The summed E-state index contributed by atoms with van der Waals surface area (Å²) in [5.41, 5.74) is 9.99. The molecule has 0 aliphatic carbocycles. The minimum atomic E-state index is -0.411. The predicted octanol–water partition coefficient (Wildman–Crippen LogP) is 4.50. The number of benzene rings is 2. The number of ether oxygens (including phenoxy) is 2. The Hall–Kier alpha value is -2.66. The lowest BCUT2D eigenvalue weighted by Gasteiger charge is -2.20. The summed E-state index contributed by atoms with van der Waals surface area (Å²) in [6.07, 6.45) is 1.74. The molecule has 0 aliphatic rings.